The first-order chi connectivity index (χ1) is 13.8. The first-order valence-electron chi connectivity index (χ1n) is 9.50. The minimum Gasteiger partial charge on any atom is -0.464 e. The van der Waals surface area contributed by atoms with E-state index < -0.39 is 18.0 Å². The van der Waals surface area contributed by atoms with Gasteiger partial charge in [-0.05, 0) is 54.3 Å². The lowest BCUT2D eigenvalue weighted by Gasteiger charge is -2.35. The lowest BCUT2D eigenvalue weighted by molar-refractivity contribution is -0.134. The molecule has 3 rings (SSSR count). The number of benzene rings is 2. The van der Waals surface area contributed by atoms with Crippen molar-refractivity contribution in [1.29, 1.82) is 0 Å². The quantitative estimate of drug-likeness (QED) is 0.744. The van der Waals surface area contributed by atoms with Gasteiger partial charge in [0.05, 0.1) is 6.04 Å². The van der Waals surface area contributed by atoms with E-state index in [9.17, 15) is 19.5 Å². The molecule has 154 valence electrons. The topological polar surface area (TPSA) is 90.0 Å². The highest BCUT2D eigenvalue weighted by molar-refractivity contribution is 6.31. The Hall–Kier alpha value is -2.80. The Balaban J connectivity index is 1.76. The van der Waals surface area contributed by atoms with E-state index in [1.54, 1.807) is 44.4 Å². The van der Waals surface area contributed by atoms with Crippen molar-refractivity contribution in [2.45, 2.75) is 31.7 Å². The number of nitrogens with one attached hydrogen (secondary N) is 1. The van der Waals surface area contributed by atoms with Gasteiger partial charge in [0, 0.05) is 30.6 Å². The highest BCUT2D eigenvalue weighted by Crippen LogP contribution is 2.28. The molecular weight excluding hydrogens is 394 g/mol. The van der Waals surface area contributed by atoms with E-state index in [4.69, 9.17) is 11.6 Å². The Morgan fingerprint density at radius 1 is 1.07 bits per heavy atom. The second-order valence-electron chi connectivity index (χ2n) is 7.55. The van der Waals surface area contributed by atoms with Crippen molar-refractivity contribution in [2.24, 2.45) is 5.92 Å². The van der Waals surface area contributed by atoms with Crippen LogP contribution in [0.3, 0.4) is 0 Å². The van der Waals surface area contributed by atoms with Crippen LogP contribution in [0.5, 0.6) is 0 Å². The third-order valence-corrected chi connectivity index (χ3v) is 5.53. The molecule has 1 saturated carbocycles. The normalized spacial score (nSPS) is 18.9. The summed E-state index contributed by atoms with van der Waals surface area (Å²) < 4.78 is 0. The van der Waals surface area contributed by atoms with E-state index in [-0.39, 0.29) is 11.8 Å². The maximum absolute atomic E-state index is 12.7. The van der Waals surface area contributed by atoms with Crippen LogP contribution < -0.4 is 5.43 Å². The summed E-state index contributed by atoms with van der Waals surface area (Å²) in [6.45, 7) is 0. The number of fused-ring (bicyclic) bond motifs is 1. The van der Waals surface area contributed by atoms with E-state index in [0.717, 1.165) is 28.6 Å². The van der Waals surface area contributed by atoms with Gasteiger partial charge in [-0.2, -0.15) is 0 Å². The summed E-state index contributed by atoms with van der Waals surface area (Å²) in [5.74, 6) is -0.766. The third-order valence-electron chi connectivity index (χ3n) is 5.29. The summed E-state index contributed by atoms with van der Waals surface area (Å²) in [6.07, 6.45) is 1.20. The minimum absolute atomic E-state index is 0.0143. The molecule has 3 amide bonds. The van der Waals surface area contributed by atoms with Crippen molar-refractivity contribution in [3.63, 3.8) is 0 Å². The van der Waals surface area contributed by atoms with Gasteiger partial charge in [-0.15, -0.1) is 0 Å². The van der Waals surface area contributed by atoms with Crippen molar-refractivity contribution in [3.05, 3.63) is 47.0 Å². The molecule has 2 aromatic carbocycles. The molecule has 0 aliphatic heterocycles. The molecule has 0 bridgehead atoms. The van der Waals surface area contributed by atoms with Gasteiger partial charge in [0.1, 0.15) is 0 Å². The average molecular weight is 418 g/mol. The van der Waals surface area contributed by atoms with Crippen molar-refractivity contribution in [2.75, 3.05) is 14.1 Å². The second kappa shape index (κ2) is 8.69. The molecule has 29 heavy (non-hydrogen) atoms. The summed E-state index contributed by atoms with van der Waals surface area (Å²) in [5.41, 5.74) is 2.86. The van der Waals surface area contributed by atoms with Gasteiger partial charge in [-0.25, -0.2) is 9.80 Å². The number of carboxylic acid groups (broad SMARTS) is 1. The largest absolute Gasteiger partial charge is 0.464 e. The number of carbonyl (C=O) groups excluding carboxylic acids is 2. The van der Waals surface area contributed by atoms with Crippen molar-refractivity contribution >= 4 is 40.3 Å². The van der Waals surface area contributed by atoms with Crippen molar-refractivity contribution in [1.82, 2.24) is 15.3 Å². The van der Waals surface area contributed by atoms with E-state index in [2.05, 4.69) is 5.43 Å². The molecule has 2 N–H and O–H groups in total. The zero-order valence-corrected chi connectivity index (χ0v) is 17.1. The Morgan fingerprint density at radius 3 is 2.45 bits per heavy atom. The van der Waals surface area contributed by atoms with Crippen LogP contribution in [-0.4, -0.2) is 53.1 Å². The summed E-state index contributed by atoms with van der Waals surface area (Å²) in [4.78, 5) is 38.4. The van der Waals surface area contributed by atoms with Crippen LogP contribution in [0.25, 0.3) is 10.8 Å². The van der Waals surface area contributed by atoms with Gasteiger partial charge >= 0.3 is 6.09 Å². The smallest absolute Gasteiger partial charge is 0.426 e. The molecule has 7 nitrogen and oxygen atoms in total. The maximum Gasteiger partial charge on any atom is 0.426 e. The Labute approximate surface area is 174 Å². The van der Waals surface area contributed by atoms with Crippen LogP contribution in [0.15, 0.2) is 36.4 Å². The number of halogens is 1. The second-order valence-corrected chi connectivity index (χ2v) is 7.99. The van der Waals surface area contributed by atoms with E-state index in [1.807, 2.05) is 6.07 Å². The lowest BCUT2D eigenvalue weighted by atomic mass is 9.84. The summed E-state index contributed by atoms with van der Waals surface area (Å²) in [5, 5.41) is 12.9. The fraction of sp³-hybridized carbons (Fsp3) is 0.381. The summed E-state index contributed by atoms with van der Waals surface area (Å²) in [7, 11) is 3.38. The molecule has 0 spiro atoms. The zero-order valence-electron chi connectivity index (χ0n) is 16.4. The summed E-state index contributed by atoms with van der Waals surface area (Å²) in [6, 6.07) is 9.99. The molecule has 0 aromatic heterocycles. The molecule has 0 saturated heterocycles. The fourth-order valence-corrected chi connectivity index (χ4v) is 4.00. The molecule has 2 atom stereocenters. The van der Waals surface area contributed by atoms with Crippen LogP contribution in [0.4, 0.5) is 4.79 Å². The van der Waals surface area contributed by atoms with E-state index in [0.29, 0.717) is 23.4 Å². The molecular formula is C21H24ClN3O4. The van der Waals surface area contributed by atoms with Gasteiger partial charge < -0.3 is 10.0 Å². The third kappa shape index (κ3) is 4.79. The van der Waals surface area contributed by atoms with Crippen LogP contribution in [0.1, 0.15) is 36.0 Å². The zero-order chi connectivity index (χ0) is 21.1. The number of rotatable bonds is 3. The fourth-order valence-electron chi connectivity index (χ4n) is 3.82. The maximum atomic E-state index is 12.7. The van der Waals surface area contributed by atoms with Gasteiger partial charge in [0.15, 0.2) is 0 Å². The molecule has 0 radical (unpaired) electrons. The van der Waals surface area contributed by atoms with Crippen LogP contribution >= 0.6 is 11.6 Å². The Kier molecular flexibility index (Phi) is 6.27. The molecule has 1 aliphatic rings. The Morgan fingerprint density at radius 2 is 1.76 bits per heavy atom. The molecule has 1 aliphatic carbocycles. The minimum atomic E-state index is -1.24. The SMILES string of the molecule is CN(C)C(=O)[C@H]1CCCC(N(NC(=O)c2ccc3cc(Cl)ccc3c2)C(=O)O)C1. The number of nitrogens with zero attached hydrogens (tertiary/aromatic N) is 2. The number of amides is 3. The number of hydrogen-bond acceptors (Lipinski definition) is 3. The van der Waals surface area contributed by atoms with Crippen molar-refractivity contribution in [3.8, 4) is 0 Å². The van der Waals surface area contributed by atoms with Crippen LogP contribution in [0.2, 0.25) is 5.02 Å². The number of carbonyl (C=O) groups is 3. The first-order valence-corrected chi connectivity index (χ1v) is 9.87. The molecule has 1 unspecified atom stereocenters. The standard InChI is InChI=1S/C21H24ClN3O4/c1-24(2)20(27)16-4-3-5-18(12-16)25(21(28)29)23-19(26)15-7-6-14-11-17(22)9-8-13(14)10-15/h6-11,16,18H,3-5,12H2,1-2H3,(H,23,26)(H,28,29)/t16-,18?/m0/s1. The number of hydrogen-bond donors (Lipinski definition) is 2. The van der Waals surface area contributed by atoms with Crippen molar-refractivity contribution < 1.29 is 19.5 Å². The van der Waals surface area contributed by atoms with Gasteiger partial charge in [-0.3, -0.25) is 15.0 Å². The monoisotopic (exact) mass is 417 g/mol. The van der Waals surface area contributed by atoms with Gasteiger partial charge in [0.2, 0.25) is 5.91 Å². The van der Waals surface area contributed by atoms with Crippen LogP contribution in [0, 0.1) is 5.92 Å². The lowest BCUT2D eigenvalue weighted by Crippen LogP contribution is -2.53. The molecule has 1 fully saturated rings. The highest BCUT2D eigenvalue weighted by atomic mass is 35.5. The Bertz CT molecular complexity index is 947. The summed E-state index contributed by atoms with van der Waals surface area (Å²) >= 11 is 5.99. The highest BCUT2D eigenvalue weighted by Gasteiger charge is 2.34. The van der Waals surface area contributed by atoms with E-state index in [1.165, 1.54) is 4.90 Å². The van der Waals surface area contributed by atoms with Gasteiger partial charge in [-0.1, -0.05) is 30.2 Å². The predicted molar refractivity (Wildman–Crippen MR) is 111 cm³/mol. The molecule has 0 heterocycles. The van der Waals surface area contributed by atoms with Gasteiger partial charge in [0.25, 0.3) is 5.91 Å². The van der Waals surface area contributed by atoms with E-state index >= 15 is 0 Å². The molecule has 2 aromatic rings. The predicted octanol–water partition coefficient (Wildman–Crippen LogP) is 3.77. The average Bonchev–Trinajstić information content (AvgIpc) is 2.70. The molecule has 8 heteroatoms. The number of hydrazine groups is 1. The van der Waals surface area contributed by atoms with Crippen LogP contribution in [-0.2, 0) is 4.79 Å². The first kappa shape index (κ1) is 20.9.